The summed E-state index contributed by atoms with van der Waals surface area (Å²) in [4.78, 5) is 17.3. The minimum Gasteiger partial charge on any atom is -0.381 e. The Morgan fingerprint density at radius 2 is 1.94 bits per heavy atom. The van der Waals surface area contributed by atoms with Crippen molar-refractivity contribution in [3.05, 3.63) is 0 Å². The third kappa shape index (κ3) is 7.16. The van der Waals surface area contributed by atoms with E-state index in [0.29, 0.717) is 25.7 Å². The first-order valence-electron chi connectivity index (χ1n) is 11.2. The Morgan fingerprint density at radius 3 is 2.59 bits per heavy atom. The van der Waals surface area contributed by atoms with E-state index in [1.165, 1.54) is 0 Å². The summed E-state index contributed by atoms with van der Waals surface area (Å²) in [5.41, 5.74) is 4.77. The Kier molecular flexibility index (Phi) is 8.99. The highest BCUT2D eigenvalue weighted by atomic mass is 35.5. The second-order valence-electron chi connectivity index (χ2n) is 8.90. The number of guanidine groups is 1. The molecule has 2 saturated carbocycles. The Labute approximate surface area is 190 Å². The molecule has 7 atom stereocenters. The Bertz CT molecular complexity index is 668. The normalized spacial score (nSPS) is 36.7. The van der Waals surface area contributed by atoms with Crippen molar-refractivity contribution in [3.63, 3.8) is 0 Å². The average molecular weight is 486 g/mol. The molecular formula is C20H32ClF4N5O2. The molecule has 3 fully saturated rings. The lowest BCUT2D eigenvalue weighted by atomic mass is 9.86. The van der Waals surface area contributed by atoms with Crippen molar-refractivity contribution in [2.75, 3.05) is 13.7 Å². The van der Waals surface area contributed by atoms with Gasteiger partial charge in [-0.05, 0) is 44.4 Å². The van der Waals surface area contributed by atoms with Crippen LogP contribution in [0.25, 0.3) is 0 Å². The van der Waals surface area contributed by atoms with Crippen LogP contribution in [-0.2, 0) is 9.53 Å². The van der Waals surface area contributed by atoms with Gasteiger partial charge in [-0.1, -0.05) is 6.42 Å². The van der Waals surface area contributed by atoms with Crippen molar-refractivity contribution in [1.29, 1.82) is 0 Å². The van der Waals surface area contributed by atoms with E-state index in [4.69, 9.17) is 16.3 Å². The first-order chi connectivity index (χ1) is 15.2. The summed E-state index contributed by atoms with van der Waals surface area (Å²) < 4.78 is 57.8. The van der Waals surface area contributed by atoms with Gasteiger partial charge in [0.25, 0.3) is 0 Å². The molecule has 3 aliphatic rings. The molecule has 3 rings (SSSR count). The summed E-state index contributed by atoms with van der Waals surface area (Å²) in [7, 11) is 1.62. The van der Waals surface area contributed by atoms with Crippen LogP contribution < -0.4 is 21.5 Å². The monoisotopic (exact) mass is 485 g/mol. The predicted molar refractivity (Wildman–Crippen MR) is 113 cm³/mol. The summed E-state index contributed by atoms with van der Waals surface area (Å²) in [6, 6.07) is -1.70. The second-order valence-corrected chi connectivity index (χ2v) is 9.46. The van der Waals surface area contributed by atoms with E-state index in [1.807, 2.05) is 0 Å². The lowest BCUT2D eigenvalue weighted by Crippen LogP contribution is -2.52. The molecule has 1 amide bonds. The van der Waals surface area contributed by atoms with Crippen LogP contribution >= 0.6 is 11.6 Å². The molecule has 0 aromatic rings. The van der Waals surface area contributed by atoms with Gasteiger partial charge in [0.1, 0.15) is 12.2 Å². The minimum atomic E-state index is -4.39. The average Bonchev–Trinajstić information content (AvgIpc) is 3.22. The van der Waals surface area contributed by atoms with Crippen LogP contribution in [0.1, 0.15) is 51.4 Å². The van der Waals surface area contributed by atoms with Gasteiger partial charge in [0.05, 0.1) is 12.3 Å². The molecule has 12 heteroatoms. The number of ether oxygens (including phenoxy) is 1. The topological polar surface area (TPSA) is 86.8 Å². The molecule has 0 bridgehead atoms. The maximum Gasteiger partial charge on any atom is 0.405 e. The summed E-state index contributed by atoms with van der Waals surface area (Å²) >= 11 is 6.28. The van der Waals surface area contributed by atoms with Gasteiger partial charge in [-0.2, -0.15) is 13.2 Å². The highest BCUT2D eigenvalue weighted by molar-refractivity contribution is 6.20. The molecule has 1 saturated heterocycles. The zero-order valence-corrected chi connectivity index (χ0v) is 18.8. The van der Waals surface area contributed by atoms with Crippen molar-refractivity contribution in [2.24, 2.45) is 16.8 Å². The van der Waals surface area contributed by atoms with E-state index in [2.05, 4.69) is 26.5 Å². The standard InChI is InChI=1S/C20H32ClF4N5O2/c1-32-14-4-2-3-11(7-14)18(31)28-19(26-10-12-5-6-13(22)8-15(12)21)27-17-9-16(29-30-17)20(23,24)25/h11-17,29-30H,2-10H2,1H3,(H2,26,27,28,31). The highest BCUT2D eigenvalue weighted by Gasteiger charge is 2.44. The zero-order chi connectivity index (χ0) is 23.3. The summed E-state index contributed by atoms with van der Waals surface area (Å²) in [5.74, 6) is -0.474. The number of nitrogens with zero attached hydrogens (tertiary/aromatic N) is 1. The van der Waals surface area contributed by atoms with Crippen LogP contribution in [0.2, 0.25) is 0 Å². The van der Waals surface area contributed by atoms with Crippen molar-refractivity contribution in [2.45, 2.75) is 87.4 Å². The molecule has 7 nitrogen and oxygen atoms in total. The first kappa shape index (κ1) is 25.5. The zero-order valence-electron chi connectivity index (χ0n) is 18.1. The van der Waals surface area contributed by atoms with Crippen molar-refractivity contribution in [1.82, 2.24) is 21.5 Å². The Morgan fingerprint density at radius 1 is 1.16 bits per heavy atom. The van der Waals surface area contributed by atoms with E-state index >= 15 is 0 Å². The van der Waals surface area contributed by atoms with Gasteiger partial charge < -0.3 is 10.1 Å². The molecule has 2 aliphatic carbocycles. The molecule has 1 heterocycles. The maximum absolute atomic E-state index is 13.5. The van der Waals surface area contributed by atoms with Crippen LogP contribution in [-0.4, -0.2) is 61.6 Å². The molecule has 0 aromatic carbocycles. The number of carbonyl (C=O) groups is 1. The number of alkyl halides is 5. The fourth-order valence-electron chi connectivity index (χ4n) is 4.51. The van der Waals surface area contributed by atoms with Gasteiger partial charge in [-0.3, -0.25) is 15.1 Å². The van der Waals surface area contributed by atoms with E-state index in [9.17, 15) is 22.4 Å². The Balaban J connectivity index is 1.64. The SMILES string of the molecule is COC1CCCC(C(=O)NC(=NCC2CCC(F)CC2Cl)NC2CC(C(F)(F)F)NN2)C1. The van der Waals surface area contributed by atoms with Crippen molar-refractivity contribution >= 4 is 23.5 Å². The summed E-state index contributed by atoms with van der Waals surface area (Å²) in [6.45, 7) is 0.248. The van der Waals surface area contributed by atoms with Crippen LogP contribution in [0.5, 0.6) is 0 Å². The lowest BCUT2D eigenvalue weighted by molar-refractivity contribution is -0.153. The maximum atomic E-state index is 13.5. The molecule has 4 N–H and O–H groups in total. The van der Waals surface area contributed by atoms with Gasteiger partial charge in [0.2, 0.25) is 5.91 Å². The lowest BCUT2D eigenvalue weighted by Gasteiger charge is -2.29. The fourth-order valence-corrected chi connectivity index (χ4v) is 4.91. The molecule has 1 aliphatic heterocycles. The third-order valence-corrected chi connectivity index (χ3v) is 7.04. The highest BCUT2D eigenvalue weighted by Crippen LogP contribution is 2.31. The molecule has 184 valence electrons. The number of aliphatic imine (C=N–C) groups is 1. The second kappa shape index (κ2) is 11.3. The Hall–Kier alpha value is -1.17. The van der Waals surface area contributed by atoms with Crippen LogP contribution in [0, 0.1) is 11.8 Å². The number of hydrogen-bond donors (Lipinski definition) is 4. The van der Waals surface area contributed by atoms with E-state index in [0.717, 1.165) is 12.8 Å². The molecule has 0 spiro atoms. The van der Waals surface area contributed by atoms with Crippen LogP contribution in [0.15, 0.2) is 4.99 Å². The van der Waals surface area contributed by atoms with Crippen molar-refractivity contribution in [3.8, 4) is 0 Å². The number of methoxy groups -OCH3 is 1. The van der Waals surface area contributed by atoms with Crippen molar-refractivity contribution < 1.29 is 27.1 Å². The summed E-state index contributed by atoms with van der Waals surface area (Å²) in [6.07, 6.45) is -2.08. The van der Waals surface area contributed by atoms with Crippen LogP contribution in [0.4, 0.5) is 17.6 Å². The number of halogens is 5. The van der Waals surface area contributed by atoms with Gasteiger partial charge in [0.15, 0.2) is 5.96 Å². The molecular weight excluding hydrogens is 454 g/mol. The van der Waals surface area contributed by atoms with Crippen LogP contribution in [0.3, 0.4) is 0 Å². The third-order valence-electron chi connectivity index (χ3n) is 6.51. The molecule has 0 radical (unpaired) electrons. The predicted octanol–water partition coefficient (Wildman–Crippen LogP) is 2.75. The number of hydrogen-bond acceptors (Lipinski definition) is 5. The molecule has 0 aromatic heterocycles. The number of hydrazine groups is 1. The van der Waals surface area contributed by atoms with E-state index in [1.54, 1.807) is 7.11 Å². The van der Waals surface area contributed by atoms with Gasteiger partial charge in [0, 0.05) is 31.4 Å². The number of rotatable bonds is 5. The number of amides is 1. The van der Waals surface area contributed by atoms with Gasteiger partial charge >= 0.3 is 6.18 Å². The largest absolute Gasteiger partial charge is 0.405 e. The molecule has 32 heavy (non-hydrogen) atoms. The van der Waals surface area contributed by atoms with E-state index in [-0.39, 0.29) is 54.6 Å². The number of nitrogens with one attached hydrogen (secondary N) is 4. The van der Waals surface area contributed by atoms with Gasteiger partial charge in [-0.15, -0.1) is 11.6 Å². The first-order valence-corrected chi connectivity index (χ1v) is 11.6. The van der Waals surface area contributed by atoms with E-state index < -0.39 is 24.6 Å². The quantitative estimate of drug-likeness (QED) is 0.208. The van der Waals surface area contributed by atoms with Gasteiger partial charge in [-0.25, -0.2) is 15.2 Å². The molecule has 7 unspecified atom stereocenters. The smallest absolute Gasteiger partial charge is 0.381 e. The fraction of sp³-hybridized carbons (Fsp3) is 0.900. The number of carbonyl (C=O) groups excluding carboxylic acids is 1. The minimum absolute atomic E-state index is 0.00832. The summed E-state index contributed by atoms with van der Waals surface area (Å²) in [5, 5.41) is 5.25.